The predicted octanol–water partition coefficient (Wildman–Crippen LogP) is 3.19. The Labute approximate surface area is 156 Å². The van der Waals surface area contributed by atoms with Crippen LogP contribution in [-0.4, -0.2) is 34.7 Å². The Balaban J connectivity index is 1.45. The highest BCUT2D eigenvalue weighted by atomic mass is 32.2. The van der Waals surface area contributed by atoms with Crippen molar-refractivity contribution in [2.75, 3.05) is 23.7 Å². The molecule has 1 fully saturated rings. The van der Waals surface area contributed by atoms with E-state index < -0.39 is 0 Å². The molecule has 3 heterocycles. The summed E-state index contributed by atoms with van der Waals surface area (Å²) in [6, 6.07) is 6.79. The first-order valence-corrected chi connectivity index (χ1v) is 9.94. The molecule has 2 atom stereocenters. The number of thioether (sulfide) groups is 1. The summed E-state index contributed by atoms with van der Waals surface area (Å²) in [5.74, 6) is 1.23. The van der Waals surface area contributed by atoms with Crippen LogP contribution in [0.4, 0.5) is 10.3 Å². The molecule has 26 heavy (non-hydrogen) atoms. The maximum absolute atomic E-state index is 14.0. The molecule has 1 aromatic carbocycles. The monoisotopic (exact) mass is 372 g/mol. The van der Waals surface area contributed by atoms with Gasteiger partial charge < -0.3 is 10.2 Å². The second kappa shape index (κ2) is 7.61. The summed E-state index contributed by atoms with van der Waals surface area (Å²) in [5, 5.41) is 3.16. The molecule has 0 aliphatic carbocycles. The summed E-state index contributed by atoms with van der Waals surface area (Å²) in [4.78, 5) is 24.2. The lowest BCUT2D eigenvalue weighted by atomic mass is 9.95. The Morgan fingerprint density at radius 1 is 1.23 bits per heavy atom. The molecular weight excluding hydrogens is 351 g/mol. The third-order valence-corrected chi connectivity index (χ3v) is 6.13. The average Bonchev–Trinajstić information content (AvgIpc) is 2.69. The van der Waals surface area contributed by atoms with Gasteiger partial charge in [-0.05, 0) is 37.0 Å². The highest BCUT2D eigenvalue weighted by molar-refractivity contribution is 7.99. The quantitative estimate of drug-likeness (QED) is 0.897. The zero-order valence-electron chi connectivity index (χ0n) is 14.4. The van der Waals surface area contributed by atoms with Crippen molar-refractivity contribution in [2.45, 2.75) is 30.2 Å². The maximum Gasteiger partial charge on any atom is 0.225 e. The van der Waals surface area contributed by atoms with Crippen molar-refractivity contribution >= 4 is 23.6 Å². The van der Waals surface area contributed by atoms with Crippen LogP contribution < -0.4 is 10.2 Å². The fourth-order valence-electron chi connectivity index (χ4n) is 3.65. The predicted molar refractivity (Wildman–Crippen MR) is 99.6 cm³/mol. The fourth-order valence-corrected chi connectivity index (χ4v) is 4.79. The minimum atomic E-state index is -0.198. The molecule has 1 amide bonds. The summed E-state index contributed by atoms with van der Waals surface area (Å²) < 4.78 is 14.0. The molecule has 0 bridgehead atoms. The molecule has 1 aromatic heterocycles. The van der Waals surface area contributed by atoms with Gasteiger partial charge >= 0.3 is 0 Å². The number of nitrogens with one attached hydrogen (secondary N) is 1. The normalized spacial score (nSPS) is 22.6. The van der Waals surface area contributed by atoms with E-state index in [1.54, 1.807) is 24.5 Å². The Bertz CT molecular complexity index is 788. The van der Waals surface area contributed by atoms with Crippen LogP contribution in [0.2, 0.25) is 0 Å². The van der Waals surface area contributed by atoms with Crippen LogP contribution in [0, 0.1) is 11.7 Å². The summed E-state index contributed by atoms with van der Waals surface area (Å²) >= 11 is 1.53. The van der Waals surface area contributed by atoms with Crippen molar-refractivity contribution in [2.24, 2.45) is 5.92 Å². The van der Waals surface area contributed by atoms with E-state index >= 15 is 0 Å². The van der Waals surface area contributed by atoms with E-state index in [1.807, 2.05) is 6.07 Å². The van der Waals surface area contributed by atoms with Crippen molar-refractivity contribution in [3.05, 3.63) is 48.0 Å². The molecule has 1 N–H and O–H groups in total. The van der Waals surface area contributed by atoms with E-state index in [1.165, 1.54) is 17.8 Å². The molecule has 0 saturated carbocycles. The first kappa shape index (κ1) is 17.3. The van der Waals surface area contributed by atoms with Gasteiger partial charge in [0.25, 0.3) is 0 Å². The third kappa shape index (κ3) is 3.53. The number of hydrogen-bond acceptors (Lipinski definition) is 5. The SMILES string of the molecule is O=C(N[C@@H]1CCSc2c(F)cccc21)[C@@H]1CCCN(c2ncccn2)C1. The first-order chi connectivity index (χ1) is 12.7. The van der Waals surface area contributed by atoms with Crippen LogP contribution in [-0.2, 0) is 4.79 Å². The molecule has 2 aliphatic heterocycles. The molecule has 0 spiro atoms. The Hall–Kier alpha value is -2.15. The van der Waals surface area contributed by atoms with Crippen molar-refractivity contribution in [3.63, 3.8) is 0 Å². The van der Waals surface area contributed by atoms with Gasteiger partial charge in [0.05, 0.1) is 12.0 Å². The maximum atomic E-state index is 14.0. The molecule has 2 aromatic rings. The van der Waals surface area contributed by atoms with Gasteiger partial charge in [-0.25, -0.2) is 14.4 Å². The standard InChI is InChI=1S/C19H21FN4OS/c20-15-6-1-5-14-16(7-11-26-17(14)15)23-18(25)13-4-2-10-24(12-13)19-21-8-3-9-22-19/h1,3,5-6,8-9,13,16H,2,4,7,10-12H2,(H,23,25)/t13-,16-/m1/s1. The van der Waals surface area contributed by atoms with Gasteiger partial charge in [0.2, 0.25) is 11.9 Å². The van der Waals surface area contributed by atoms with E-state index in [0.717, 1.165) is 37.1 Å². The van der Waals surface area contributed by atoms with E-state index in [2.05, 4.69) is 20.2 Å². The minimum absolute atomic E-state index is 0.0396. The Morgan fingerprint density at radius 3 is 2.92 bits per heavy atom. The van der Waals surface area contributed by atoms with Crippen LogP contribution in [0.15, 0.2) is 41.6 Å². The summed E-state index contributed by atoms with van der Waals surface area (Å²) in [6.45, 7) is 1.48. The Morgan fingerprint density at radius 2 is 2.08 bits per heavy atom. The Kier molecular flexibility index (Phi) is 5.06. The number of anilines is 1. The van der Waals surface area contributed by atoms with E-state index in [9.17, 15) is 9.18 Å². The van der Waals surface area contributed by atoms with Gasteiger partial charge in [0.15, 0.2) is 0 Å². The summed E-state index contributed by atoms with van der Waals surface area (Å²) in [6.07, 6.45) is 6.05. The van der Waals surface area contributed by atoms with Crippen molar-refractivity contribution in [3.8, 4) is 0 Å². The van der Waals surface area contributed by atoms with Gasteiger partial charge in [0, 0.05) is 36.1 Å². The number of carbonyl (C=O) groups is 1. The second-order valence-electron chi connectivity index (χ2n) is 6.69. The molecule has 5 nitrogen and oxygen atoms in total. The highest BCUT2D eigenvalue weighted by Crippen LogP contribution is 2.38. The zero-order valence-corrected chi connectivity index (χ0v) is 15.2. The summed E-state index contributed by atoms with van der Waals surface area (Å²) in [7, 11) is 0. The highest BCUT2D eigenvalue weighted by Gasteiger charge is 2.30. The molecular formula is C19H21FN4OS. The van der Waals surface area contributed by atoms with Gasteiger partial charge in [-0.1, -0.05) is 12.1 Å². The topological polar surface area (TPSA) is 58.1 Å². The lowest BCUT2D eigenvalue weighted by Crippen LogP contribution is -2.45. The second-order valence-corrected chi connectivity index (χ2v) is 7.80. The van der Waals surface area contributed by atoms with Gasteiger partial charge in [-0.2, -0.15) is 0 Å². The molecule has 2 aliphatic rings. The fraction of sp³-hybridized carbons (Fsp3) is 0.421. The molecule has 4 rings (SSSR count). The number of fused-ring (bicyclic) bond motifs is 1. The zero-order chi connectivity index (χ0) is 17.9. The number of halogens is 1. The van der Waals surface area contributed by atoms with E-state index in [-0.39, 0.29) is 23.7 Å². The van der Waals surface area contributed by atoms with E-state index in [0.29, 0.717) is 17.4 Å². The third-order valence-electron chi connectivity index (χ3n) is 4.97. The number of benzene rings is 1. The van der Waals surface area contributed by atoms with Crippen LogP contribution in [0.3, 0.4) is 0 Å². The number of nitrogens with zero attached hydrogens (tertiary/aromatic N) is 3. The van der Waals surface area contributed by atoms with Crippen LogP contribution in [0.1, 0.15) is 30.9 Å². The number of carbonyl (C=O) groups excluding carboxylic acids is 1. The molecule has 7 heteroatoms. The van der Waals surface area contributed by atoms with Crippen LogP contribution in [0.25, 0.3) is 0 Å². The molecule has 1 saturated heterocycles. The summed E-state index contributed by atoms with van der Waals surface area (Å²) in [5.41, 5.74) is 0.897. The van der Waals surface area contributed by atoms with E-state index in [4.69, 9.17) is 0 Å². The van der Waals surface area contributed by atoms with Crippen molar-refractivity contribution in [1.82, 2.24) is 15.3 Å². The number of rotatable bonds is 3. The van der Waals surface area contributed by atoms with Gasteiger partial charge in [-0.15, -0.1) is 11.8 Å². The number of hydrogen-bond donors (Lipinski definition) is 1. The molecule has 136 valence electrons. The minimum Gasteiger partial charge on any atom is -0.349 e. The van der Waals surface area contributed by atoms with Crippen molar-refractivity contribution in [1.29, 1.82) is 0 Å². The average molecular weight is 372 g/mol. The van der Waals surface area contributed by atoms with Gasteiger partial charge in [-0.3, -0.25) is 4.79 Å². The lowest BCUT2D eigenvalue weighted by Gasteiger charge is -2.33. The van der Waals surface area contributed by atoms with Crippen molar-refractivity contribution < 1.29 is 9.18 Å². The van der Waals surface area contributed by atoms with Crippen LogP contribution >= 0.6 is 11.8 Å². The first-order valence-electron chi connectivity index (χ1n) is 8.96. The molecule has 0 radical (unpaired) electrons. The number of amides is 1. The lowest BCUT2D eigenvalue weighted by molar-refractivity contribution is -0.126. The van der Waals surface area contributed by atoms with Gasteiger partial charge in [0.1, 0.15) is 5.82 Å². The number of piperidine rings is 1. The van der Waals surface area contributed by atoms with Crippen LogP contribution in [0.5, 0.6) is 0 Å². The smallest absolute Gasteiger partial charge is 0.225 e. The molecule has 0 unspecified atom stereocenters. The number of aromatic nitrogens is 2. The largest absolute Gasteiger partial charge is 0.349 e.